The second kappa shape index (κ2) is 9.83. The zero-order valence-electron chi connectivity index (χ0n) is 19.6. The minimum atomic E-state index is -5.27. The highest BCUT2D eigenvalue weighted by Gasteiger charge is 2.48. The fraction of sp³-hybridized carbons (Fsp3) is 0.381. The number of methoxy groups -OCH3 is 1. The number of hydrogen-bond acceptors (Lipinski definition) is 8. The van der Waals surface area contributed by atoms with E-state index in [1.807, 2.05) is 0 Å². The molecule has 1 saturated heterocycles. The molecule has 1 unspecified atom stereocenters. The van der Waals surface area contributed by atoms with E-state index in [9.17, 15) is 40.3 Å². The average Bonchev–Trinajstić information content (AvgIpc) is 3.44. The van der Waals surface area contributed by atoms with E-state index in [1.165, 1.54) is 0 Å². The quantitative estimate of drug-likeness (QED) is 0.396. The molecule has 3 aromatic heterocycles. The van der Waals surface area contributed by atoms with Gasteiger partial charge in [-0.2, -0.15) is 31.4 Å². The topological polar surface area (TPSA) is 148 Å². The lowest BCUT2D eigenvalue weighted by molar-refractivity contribution is -0.210. The standard InChI is InChI=1S/C21H18F7N7O4/c1-39-18-9(17(37)33-12-6-34(5-11(12)22)19(38)15(36)21(26,27)28)2-8(4-30-18)13-3-10(20(23,24)25)14-16(29)31-7-32-35(13)14/h2-4,7,11-12,15,36H,5-6H2,1H3,(H,33,37)(H2,29,31,32)/t11-,12+,15?/m0/s1. The van der Waals surface area contributed by atoms with Crippen LogP contribution in [0.25, 0.3) is 16.8 Å². The molecule has 4 rings (SSSR count). The first-order valence-corrected chi connectivity index (χ1v) is 10.9. The number of rotatable bonds is 5. The van der Waals surface area contributed by atoms with Crippen LogP contribution in [0, 0.1) is 0 Å². The maximum absolute atomic E-state index is 14.5. The summed E-state index contributed by atoms with van der Waals surface area (Å²) in [4.78, 5) is 32.8. The van der Waals surface area contributed by atoms with Crippen LogP contribution in [-0.2, 0) is 11.0 Å². The van der Waals surface area contributed by atoms with E-state index in [-0.39, 0.29) is 22.7 Å². The highest BCUT2D eigenvalue weighted by molar-refractivity contribution is 5.98. The molecule has 1 aliphatic rings. The van der Waals surface area contributed by atoms with Crippen LogP contribution < -0.4 is 15.8 Å². The Morgan fingerprint density at radius 1 is 1.18 bits per heavy atom. The number of carbonyl (C=O) groups excluding carboxylic acids is 2. The molecule has 0 bridgehead atoms. The Morgan fingerprint density at radius 3 is 2.49 bits per heavy atom. The van der Waals surface area contributed by atoms with Crippen LogP contribution in [0.1, 0.15) is 15.9 Å². The van der Waals surface area contributed by atoms with Gasteiger partial charge in [0.1, 0.15) is 23.6 Å². The largest absolute Gasteiger partial charge is 0.480 e. The first-order chi connectivity index (χ1) is 18.1. The zero-order valence-corrected chi connectivity index (χ0v) is 19.6. The van der Waals surface area contributed by atoms with E-state index in [2.05, 4.69) is 20.4 Å². The molecule has 0 spiro atoms. The van der Waals surface area contributed by atoms with Gasteiger partial charge in [0.25, 0.3) is 11.8 Å². The number of fused-ring (bicyclic) bond motifs is 1. The molecule has 4 N–H and O–H groups in total. The van der Waals surface area contributed by atoms with Crippen molar-refractivity contribution in [3.05, 3.63) is 35.8 Å². The Kier molecular flexibility index (Phi) is 7.01. The number of halogens is 7. The van der Waals surface area contributed by atoms with Crippen molar-refractivity contribution in [3.63, 3.8) is 0 Å². The molecular formula is C21H18F7N7O4. The summed E-state index contributed by atoms with van der Waals surface area (Å²) in [6.45, 7) is -1.52. The van der Waals surface area contributed by atoms with E-state index in [1.54, 1.807) is 0 Å². The van der Waals surface area contributed by atoms with Crippen molar-refractivity contribution < 1.29 is 50.2 Å². The third-order valence-electron chi connectivity index (χ3n) is 5.89. The number of hydrogen-bond donors (Lipinski definition) is 3. The van der Waals surface area contributed by atoms with Crippen LogP contribution in [0.2, 0.25) is 0 Å². The molecule has 39 heavy (non-hydrogen) atoms. The third-order valence-corrected chi connectivity index (χ3v) is 5.89. The summed E-state index contributed by atoms with van der Waals surface area (Å²) in [7, 11) is 1.13. The van der Waals surface area contributed by atoms with Gasteiger partial charge in [-0.25, -0.2) is 18.9 Å². The van der Waals surface area contributed by atoms with Crippen LogP contribution in [-0.4, -0.2) is 86.1 Å². The highest BCUT2D eigenvalue weighted by Crippen LogP contribution is 2.39. The maximum atomic E-state index is 14.5. The Bertz CT molecular complexity index is 1430. The summed E-state index contributed by atoms with van der Waals surface area (Å²) in [5.41, 5.74) is 3.33. The first kappa shape index (κ1) is 27.8. The van der Waals surface area contributed by atoms with E-state index < -0.39 is 72.5 Å². The number of nitrogens with two attached hydrogens (primary N) is 1. The van der Waals surface area contributed by atoms with Crippen LogP contribution in [0.3, 0.4) is 0 Å². The summed E-state index contributed by atoms with van der Waals surface area (Å²) >= 11 is 0. The van der Waals surface area contributed by atoms with Crippen molar-refractivity contribution in [1.82, 2.24) is 29.8 Å². The van der Waals surface area contributed by atoms with E-state index in [0.717, 1.165) is 36.3 Å². The van der Waals surface area contributed by atoms with Crippen LogP contribution in [0.5, 0.6) is 5.88 Å². The molecule has 4 heterocycles. The molecule has 1 aliphatic heterocycles. The van der Waals surface area contributed by atoms with Gasteiger partial charge in [-0.15, -0.1) is 0 Å². The van der Waals surface area contributed by atoms with Gasteiger partial charge in [0.2, 0.25) is 12.0 Å². The number of nitrogen functional groups attached to an aromatic ring is 1. The molecule has 3 aromatic rings. The Labute approximate surface area is 213 Å². The lowest BCUT2D eigenvalue weighted by Gasteiger charge is -2.21. The van der Waals surface area contributed by atoms with Gasteiger partial charge in [0.05, 0.1) is 31.0 Å². The number of pyridine rings is 1. The van der Waals surface area contributed by atoms with Gasteiger partial charge in [0, 0.05) is 18.3 Å². The van der Waals surface area contributed by atoms with Crippen LogP contribution >= 0.6 is 0 Å². The number of ether oxygens (including phenoxy) is 1. The molecule has 0 saturated carbocycles. The average molecular weight is 565 g/mol. The number of likely N-dealkylation sites (tertiary alicyclic amines) is 1. The smallest absolute Gasteiger partial charge is 0.423 e. The Hall–Kier alpha value is -4.22. The number of carbonyl (C=O) groups is 2. The molecule has 210 valence electrons. The second-order valence-electron chi connectivity index (χ2n) is 8.41. The zero-order chi connectivity index (χ0) is 28.9. The van der Waals surface area contributed by atoms with E-state index in [0.29, 0.717) is 4.90 Å². The summed E-state index contributed by atoms with van der Waals surface area (Å²) in [5, 5.41) is 15.2. The number of aliphatic hydroxyl groups is 1. The van der Waals surface area contributed by atoms with Crippen molar-refractivity contribution in [2.75, 3.05) is 25.9 Å². The fourth-order valence-corrected chi connectivity index (χ4v) is 4.05. The van der Waals surface area contributed by atoms with Gasteiger partial charge in [0.15, 0.2) is 5.82 Å². The molecule has 18 heteroatoms. The maximum Gasteiger partial charge on any atom is 0.423 e. The number of anilines is 1. The van der Waals surface area contributed by atoms with Crippen molar-refractivity contribution in [3.8, 4) is 17.1 Å². The molecule has 0 radical (unpaired) electrons. The van der Waals surface area contributed by atoms with Crippen molar-refractivity contribution in [1.29, 1.82) is 0 Å². The van der Waals surface area contributed by atoms with Gasteiger partial charge in [-0.3, -0.25) is 9.59 Å². The predicted molar refractivity (Wildman–Crippen MR) is 117 cm³/mol. The van der Waals surface area contributed by atoms with E-state index in [4.69, 9.17) is 15.6 Å². The minimum absolute atomic E-state index is 0.0575. The molecular weight excluding hydrogens is 547 g/mol. The molecule has 1 fully saturated rings. The third kappa shape index (κ3) is 5.23. The SMILES string of the molecule is COc1ncc(-c2cc(C(F)(F)F)c3c(N)ncnn23)cc1C(=O)N[C@@H]1CN(C(=O)C(O)C(F)(F)F)C[C@@H]1F. The van der Waals surface area contributed by atoms with Gasteiger partial charge >= 0.3 is 12.4 Å². The lowest BCUT2D eigenvalue weighted by atomic mass is 10.1. The molecule has 3 atom stereocenters. The van der Waals surface area contributed by atoms with Gasteiger partial charge in [-0.1, -0.05) is 0 Å². The Balaban J connectivity index is 1.65. The lowest BCUT2D eigenvalue weighted by Crippen LogP contribution is -2.47. The number of nitrogens with one attached hydrogen (secondary N) is 1. The number of amides is 2. The number of aliphatic hydroxyl groups excluding tert-OH is 1. The molecule has 2 amide bonds. The predicted octanol–water partition coefficient (Wildman–Crippen LogP) is 1.60. The van der Waals surface area contributed by atoms with E-state index >= 15 is 0 Å². The fourth-order valence-electron chi connectivity index (χ4n) is 4.05. The summed E-state index contributed by atoms with van der Waals surface area (Å²) < 4.78 is 99.4. The van der Waals surface area contributed by atoms with Crippen molar-refractivity contribution in [2.24, 2.45) is 0 Å². The number of alkyl halides is 7. The first-order valence-electron chi connectivity index (χ1n) is 10.9. The van der Waals surface area contributed by atoms with Gasteiger partial charge in [-0.05, 0) is 12.1 Å². The normalized spacial score (nSPS) is 18.8. The van der Waals surface area contributed by atoms with Gasteiger partial charge < -0.3 is 25.8 Å². The summed E-state index contributed by atoms with van der Waals surface area (Å²) in [6.07, 6.45) is -13.5. The van der Waals surface area contributed by atoms with Crippen molar-refractivity contribution >= 4 is 23.1 Å². The van der Waals surface area contributed by atoms with Crippen molar-refractivity contribution in [2.45, 2.75) is 30.7 Å². The Morgan fingerprint density at radius 2 is 1.87 bits per heavy atom. The summed E-state index contributed by atoms with van der Waals surface area (Å²) in [6, 6.07) is 0.323. The molecule has 0 aromatic carbocycles. The monoisotopic (exact) mass is 565 g/mol. The number of nitrogens with zero attached hydrogens (tertiary/aromatic N) is 5. The van der Waals surface area contributed by atoms with Crippen LogP contribution in [0.15, 0.2) is 24.7 Å². The highest BCUT2D eigenvalue weighted by atomic mass is 19.4. The molecule has 0 aliphatic carbocycles. The molecule has 11 nitrogen and oxygen atoms in total. The minimum Gasteiger partial charge on any atom is -0.480 e. The second-order valence-corrected chi connectivity index (χ2v) is 8.41. The summed E-state index contributed by atoms with van der Waals surface area (Å²) in [5.74, 6) is -3.61. The van der Waals surface area contributed by atoms with Crippen LogP contribution in [0.4, 0.5) is 36.6 Å². The number of aromatic nitrogens is 4.